The predicted octanol–water partition coefficient (Wildman–Crippen LogP) is 6.79. The molecule has 0 spiro atoms. The van der Waals surface area contributed by atoms with Crippen LogP contribution in [0.5, 0.6) is 5.75 Å². The summed E-state index contributed by atoms with van der Waals surface area (Å²) in [6, 6.07) is 25.8. The third-order valence-electron chi connectivity index (χ3n) is 5.50. The van der Waals surface area contributed by atoms with Crippen molar-refractivity contribution < 1.29 is 9.53 Å². The molecule has 174 valence electrons. The van der Waals surface area contributed by atoms with Crippen molar-refractivity contribution in [2.75, 3.05) is 12.4 Å². The molecule has 0 unspecified atom stereocenters. The zero-order valence-electron chi connectivity index (χ0n) is 19.9. The van der Waals surface area contributed by atoms with E-state index in [1.807, 2.05) is 54.6 Å². The van der Waals surface area contributed by atoms with Gasteiger partial charge in [-0.2, -0.15) is 0 Å². The summed E-state index contributed by atoms with van der Waals surface area (Å²) in [4.78, 5) is 18.6. The Kier molecular flexibility index (Phi) is 6.98. The topological polar surface area (TPSA) is 63.2 Å². The molecule has 0 aliphatic carbocycles. The van der Waals surface area contributed by atoms with Crippen molar-refractivity contribution in [1.29, 1.82) is 0 Å². The molecule has 3 aromatic carbocycles. The lowest BCUT2D eigenvalue weighted by atomic mass is 9.87. The number of hydrogen-bond donors (Lipinski definition) is 2. The Morgan fingerprint density at radius 3 is 2.29 bits per heavy atom. The second-order valence-corrected chi connectivity index (χ2v) is 10.0. The van der Waals surface area contributed by atoms with E-state index in [1.165, 1.54) is 16.9 Å². The molecule has 4 rings (SSSR count). The number of thiazole rings is 1. The molecule has 34 heavy (non-hydrogen) atoms. The Labute approximate surface area is 204 Å². The van der Waals surface area contributed by atoms with Gasteiger partial charge in [-0.25, -0.2) is 4.98 Å². The van der Waals surface area contributed by atoms with Crippen LogP contribution in [0.3, 0.4) is 0 Å². The van der Waals surface area contributed by atoms with Crippen molar-refractivity contribution in [3.63, 3.8) is 0 Å². The molecule has 0 bridgehead atoms. The third-order valence-corrected chi connectivity index (χ3v) is 6.47. The molecule has 0 aliphatic rings. The van der Waals surface area contributed by atoms with Crippen LogP contribution in [-0.4, -0.2) is 18.0 Å². The number of para-hydroxylation sites is 2. The maximum absolute atomic E-state index is 13.2. The quantitative estimate of drug-likeness (QED) is 0.311. The van der Waals surface area contributed by atoms with E-state index in [0.717, 1.165) is 16.8 Å². The van der Waals surface area contributed by atoms with E-state index >= 15 is 0 Å². The first kappa shape index (κ1) is 23.5. The summed E-state index contributed by atoms with van der Waals surface area (Å²) in [7, 11) is 1.63. The molecule has 0 radical (unpaired) electrons. The van der Waals surface area contributed by atoms with Gasteiger partial charge >= 0.3 is 0 Å². The average molecular weight is 472 g/mol. The number of nitrogens with one attached hydrogen (secondary N) is 2. The van der Waals surface area contributed by atoms with Gasteiger partial charge in [-0.3, -0.25) is 4.79 Å². The summed E-state index contributed by atoms with van der Waals surface area (Å²) in [6.07, 6.45) is 0. The average Bonchev–Trinajstić information content (AvgIpc) is 3.27. The molecule has 1 amide bonds. The highest BCUT2D eigenvalue weighted by Crippen LogP contribution is 2.35. The van der Waals surface area contributed by atoms with Crippen molar-refractivity contribution >= 4 is 28.1 Å². The van der Waals surface area contributed by atoms with Gasteiger partial charge in [0.15, 0.2) is 5.13 Å². The van der Waals surface area contributed by atoms with E-state index in [-0.39, 0.29) is 11.3 Å². The molecule has 4 aromatic rings. The smallest absolute Gasteiger partial charge is 0.264 e. The fourth-order valence-electron chi connectivity index (χ4n) is 3.57. The molecule has 5 nitrogen and oxygen atoms in total. The molecular weight excluding hydrogens is 442 g/mol. The van der Waals surface area contributed by atoms with Crippen LogP contribution in [0.1, 0.15) is 41.6 Å². The van der Waals surface area contributed by atoms with Crippen LogP contribution in [0, 0.1) is 0 Å². The maximum Gasteiger partial charge on any atom is 0.264 e. The Hall–Kier alpha value is -3.64. The molecule has 1 heterocycles. The van der Waals surface area contributed by atoms with Gasteiger partial charge in [-0.05, 0) is 28.7 Å². The summed E-state index contributed by atoms with van der Waals surface area (Å²) in [5.74, 6) is 0.563. The van der Waals surface area contributed by atoms with Crippen LogP contribution >= 0.6 is 11.3 Å². The summed E-state index contributed by atoms with van der Waals surface area (Å²) >= 11 is 1.33. The molecule has 0 atom stereocenters. The molecule has 0 aliphatic heterocycles. The number of carbonyl (C=O) groups is 1. The molecule has 1 aromatic heterocycles. The van der Waals surface area contributed by atoms with Crippen LogP contribution in [0.25, 0.3) is 11.3 Å². The minimum Gasteiger partial charge on any atom is -0.495 e. The van der Waals surface area contributed by atoms with E-state index in [2.05, 4.69) is 55.7 Å². The summed E-state index contributed by atoms with van der Waals surface area (Å²) in [6.45, 7) is 7.02. The van der Waals surface area contributed by atoms with E-state index in [0.29, 0.717) is 28.0 Å². The van der Waals surface area contributed by atoms with Crippen LogP contribution < -0.4 is 15.4 Å². The molecule has 0 fully saturated rings. The van der Waals surface area contributed by atoms with Crippen molar-refractivity contribution in [1.82, 2.24) is 10.3 Å². The van der Waals surface area contributed by atoms with Gasteiger partial charge in [0.05, 0.1) is 18.5 Å². The maximum atomic E-state index is 13.2. The first-order valence-electron chi connectivity index (χ1n) is 11.2. The number of aromatic nitrogens is 1. The lowest BCUT2D eigenvalue weighted by molar-refractivity contribution is 0.0955. The number of anilines is 2. The minimum absolute atomic E-state index is 0.0971. The van der Waals surface area contributed by atoms with Gasteiger partial charge in [-0.1, -0.05) is 98.8 Å². The van der Waals surface area contributed by atoms with Gasteiger partial charge in [0, 0.05) is 12.1 Å². The fraction of sp³-hybridized carbons (Fsp3) is 0.214. The van der Waals surface area contributed by atoms with Crippen molar-refractivity contribution in [2.24, 2.45) is 0 Å². The first-order chi connectivity index (χ1) is 16.3. The molecular formula is C28H29N3O2S. The summed E-state index contributed by atoms with van der Waals surface area (Å²) in [5, 5.41) is 7.00. The number of benzene rings is 3. The lowest BCUT2D eigenvalue weighted by Gasteiger charge is -2.19. The van der Waals surface area contributed by atoms with Crippen LogP contribution in [0.4, 0.5) is 10.8 Å². The predicted molar refractivity (Wildman–Crippen MR) is 140 cm³/mol. The monoisotopic (exact) mass is 471 g/mol. The number of ether oxygens (including phenoxy) is 1. The molecule has 6 heteroatoms. The number of rotatable bonds is 7. The van der Waals surface area contributed by atoms with Crippen molar-refractivity contribution in [3.05, 3.63) is 94.9 Å². The van der Waals surface area contributed by atoms with Gasteiger partial charge in [0.2, 0.25) is 0 Å². The fourth-order valence-corrected chi connectivity index (χ4v) is 4.48. The Bertz CT molecular complexity index is 1260. The first-order valence-corrected chi connectivity index (χ1v) is 12.0. The molecule has 2 N–H and O–H groups in total. The van der Waals surface area contributed by atoms with Crippen molar-refractivity contribution in [2.45, 2.75) is 32.7 Å². The third kappa shape index (κ3) is 5.46. The normalized spacial score (nSPS) is 11.2. The molecule has 0 saturated heterocycles. The zero-order chi connectivity index (χ0) is 24.1. The zero-order valence-corrected chi connectivity index (χ0v) is 20.7. The lowest BCUT2D eigenvalue weighted by Crippen LogP contribution is -2.22. The van der Waals surface area contributed by atoms with E-state index in [9.17, 15) is 4.79 Å². The van der Waals surface area contributed by atoms with Gasteiger partial charge in [0.1, 0.15) is 10.6 Å². The number of amides is 1. The molecule has 0 saturated carbocycles. The largest absolute Gasteiger partial charge is 0.495 e. The number of methoxy groups -OCH3 is 1. The summed E-state index contributed by atoms with van der Waals surface area (Å²) < 4.78 is 5.44. The van der Waals surface area contributed by atoms with Crippen LogP contribution in [0.2, 0.25) is 0 Å². The minimum atomic E-state index is -0.149. The standard InChI is InChI=1S/C28H29N3O2S/c1-28(2,3)21-16-14-19(15-17-21)18-29-26(32)25-24(20-10-6-5-7-11-20)31-27(34-25)30-22-12-8-9-13-23(22)33-4/h5-17H,18H2,1-4H3,(H,29,32)(H,30,31). The number of carbonyl (C=O) groups excluding carboxylic acids is 1. The number of hydrogen-bond acceptors (Lipinski definition) is 5. The Morgan fingerprint density at radius 1 is 0.941 bits per heavy atom. The van der Waals surface area contributed by atoms with Gasteiger partial charge in [0.25, 0.3) is 5.91 Å². The number of nitrogens with zero attached hydrogens (tertiary/aromatic N) is 1. The van der Waals surface area contributed by atoms with Crippen molar-refractivity contribution in [3.8, 4) is 17.0 Å². The van der Waals surface area contributed by atoms with Crippen LogP contribution in [-0.2, 0) is 12.0 Å². The van der Waals surface area contributed by atoms with Crippen LogP contribution in [0.15, 0.2) is 78.9 Å². The second-order valence-electron chi connectivity index (χ2n) is 9.02. The van der Waals surface area contributed by atoms with E-state index < -0.39 is 0 Å². The SMILES string of the molecule is COc1ccccc1Nc1nc(-c2ccccc2)c(C(=O)NCc2ccc(C(C)(C)C)cc2)s1. The second kappa shape index (κ2) is 10.1. The summed E-state index contributed by atoms with van der Waals surface area (Å²) in [5.41, 5.74) is 4.77. The van der Waals surface area contributed by atoms with E-state index in [4.69, 9.17) is 9.72 Å². The highest BCUT2D eigenvalue weighted by molar-refractivity contribution is 7.18. The Morgan fingerprint density at radius 2 is 1.62 bits per heavy atom. The van der Waals surface area contributed by atoms with E-state index in [1.54, 1.807) is 7.11 Å². The highest BCUT2D eigenvalue weighted by atomic mass is 32.1. The highest BCUT2D eigenvalue weighted by Gasteiger charge is 2.20. The van der Waals surface area contributed by atoms with Gasteiger partial charge < -0.3 is 15.4 Å². The van der Waals surface area contributed by atoms with Gasteiger partial charge in [-0.15, -0.1) is 0 Å². The Balaban J connectivity index is 1.57.